The highest BCUT2D eigenvalue weighted by Gasteiger charge is 2.16. The summed E-state index contributed by atoms with van der Waals surface area (Å²) in [6.07, 6.45) is 0. The van der Waals surface area contributed by atoms with Gasteiger partial charge in [-0.1, -0.05) is 23.1 Å². The second-order valence-electron chi connectivity index (χ2n) is 4.34. The van der Waals surface area contributed by atoms with E-state index in [1.807, 2.05) is 27.7 Å². The minimum Gasteiger partial charge on any atom is -0.347 e. The van der Waals surface area contributed by atoms with E-state index < -0.39 is 0 Å². The van der Waals surface area contributed by atoms with E-state index in [4.69, 9.17) is 0 Å². The molecule has 5 nitrogen and oxygen atoms in total. The first-order valence-corrected chi connectivity index (χ1v) is 8.73. The first-order chi connectivity index (χ1) is 9.45. The molecule has 108 valence electrons. The van der Waals surface area contributed by atoms with Crippen LogP contribution in [0.4, 0.5) is 0 Å². The molecule has 0 aliphatic rings. The van der Waals surface area contributed by atoms with Crippen molar-refractivity contribution in [2.75, 3.05) is 5.75 Å². The molecule has 20 heavy (non-hydrogen) atoms. The molecule has 0 aromatic carbocycles. The molecule has 2 heterocycles. The molecule has 0 aliphatic heterocycles. The van der Waals surface area contributed by atoms with Crippen LogP contribution in [-0.2, 0) is 4.79 Å². The molecule has 2 aromatic rings. The van der Waals surface area contributed by atoms with Crippen molar-refractivity contribution in [3.63, 3.8) is 0 Å². The molecule has 2 aromatic heterocycles. The van der Waals surface area contributed by atoms with Gasteiger partial charge in [0.25, 0.3) is 0 Å². The molecule has 0 spiro atoms. The quantitative estimate of drug-likeness (QED) is 0.855. The third-order valence-electron chi connectivity index (χ3n) is 2.56. The summed E-state index contributed by atoms with van der Waals surface area (Å²) in [7, 11) is 0. The number of thiazole rings is 1. The van der Waals surface area contributed by atoms with Crippen molar-refractivity contribution < 1.29 is 4.79 Å². The minimum atomic E-state index is -0.0655. The van der Waals surface area contributed by atoms with Crippen LogP contribution in [0.25, 0.3) is 0 Å². The molecular weight excluding hydrogens is 312 g/mol. The van der Waals surface area contributed by atoms with E-state index in [-0.39, 0.29) is 11.9 Å². The zero-order valence-corrected chi connectivity index (χ0v) is 14.2. The number of nitrogens with one attached hydrogen (secondary N) is 1. The Balaban J connectivity index is 1.86. The number of hydrogen-bond donors (Lipinski definition) is 1. The summed E-state index contributed by atoms with van der Waals surface area (Å²) in [6.45, 7) is 7.86. The lowest BCUT2D eigenvalue weighted by atomic mass is 10.2. The SMILES string of the molecule is Cc1nnc(SCC(=O)N[C@@H](C)c2nc(C)sc2C)s1. The normalized spacial score (nSPS) is 12.4. The van der Waals surface area contributed by atoms with Crippen LogP contribution in [0.1, 0.15) is 33.6 Å². The van der Waals surface area contributed by atoms with Gasteiger partial charge in [0, 0.05) is 4.88 Å². The summed E-state index contributed by atoms with van der Waals surface area (Å²) >= 11 is 4.57. The van der Waals surface area contributed by atoms with Crippen LogP contribution in [0.2, 0.25) is 0 Å². The van der Waals surface area contributed by atoms with Crippen molar-refractivity contribution in [3.05, 3.63) is 20.6 Å². The Hall–Kier alpha value is -0.990. The van der Waals surface area contributed by atoms with Gasteiger partial charge in [-0.05, 0) is 27.7 Å². The molecule has 1 amide bonds. The first kappa shape index (κ1) is 15.4. The average molecular weight is 328 g/mol. The van der Waals surface area contributed by atoms with Gasteiger partial charge in [-0.3, -0.25) is 4.79 Å². The van der Waals surface area contributed by atoms with Gasteiger partial charge >= 0.3 is 0 Å². The van der Waals surface area contributed by atoms with Crippen LogP contribution in [-0.4, -0.2) is 26.8 Å². The topological polar surface area (TPSA) is 67.8 Å². The number of aryl methyl sites for hydroxylation is 3. The molecule has 0 radical (unpaired) electrons. The summed E-state index contributed by atoms with van der Waals surface area (Å²) in [6, 6.07) is -0.0655. The highest BCUT2D eigenvalue weighted by Crippen LogP contribution is 2.24. The van der Waals surface area contributed by atoms with E-state index in [2.05, 4.69) is 20.5 Å². The van der Waals surface area contributed by atoms with Crippen molar-refractivity contribution in [1.29, 1.82) is 0 Å². The number of carbonyl (C=O) groups is 1. The van der Waals surface area contributed by atoms with E-state index in [9.17, 15) is 4.79 Å². The summed E-state index contributed by atoms with van der Waals surface area (Å²) in [5, 5.41) is 12.8. The van der Waals surface area contributed by atoms with Crippen LogP contribution in [0.5, 0.6) is 0 Å². The lowest BCUT2D eigenvalue weighted by Crippen LogP contribution is -2.28. The smallest absolute Gasteiger partial charge is 0.230 e. The van der Waals surface area contributed by atoms with E-state index >= 15 is 0 Å². The number of thioether (sulfide) groups is 1. The lowest BCUT2D eigenvalue weighted by Gasteiger charge is -2.12. The van der Waals surface area contributed by atoms with E-state index in [1.54, 1.807) is 11.3 Å². The second kappa shape index (κ2) is 6.64. The van der Waals surface area contributed by atoms with Gasteiger partial charge in [0.05, 0.1) is 22.5 Å². The number of amides is 1. The molecule has 0 fully saturated rings. The summed E-state index contributed by atoms with van der Waals surface area (Å²) in [5.41, 5.74) is 0.956. The Morgan fingerprint density at radius 1 is 1.25 bits per heavy atom. The third kappa shape index (κ3) is 4.00. The highest BCUT2D eigenvalue weighted by molar-refractivity contribution is 8.01. The van der Waals surface area contributed by atoms with E-state index in [0.29, 0.717) is 5.75 Å². The fourth-order valence-electron chi connectivity index (χ4n) is 1.76. The van der Waals surface area contributed by atoms with Crippen molar-refractivity contribution in [2.24, 2.45) is 0 Å². The molecule has 8 heteroatoms. The van der Waals surface area contributed by atoms with Crippen LogP contribution >= 0.6 is 34.4 Å². The van der Waals surface area contributed by atoms with Gasteiger partial charge in [0.2, 0.25) is 5.91 Å². The van der Waals surface area contributed by atoms with Gasteiger partial charge in [0.1, 0.15) is 5.01 Å². The van der Waals surface area contributed by atoms with Crippen LogP contribution in [0, 0.1) is 20.8 Å². The van der Waals surface area contributed by atoms with Crippen LogP contribution in [0.15, 0.2) is 4.34 Å². The molecule has 0 saturated heterocycles. The average Bonchev–Trinajstić information content (AvgIpc) is 2.92. The van der Waals surface area contributed by atoms with Crippen molar-refractivity contribution in [2.45, 2.75) is 38.1 Å². The third-order valence-corrected chi connectivity index (χ3v) is 5.44. The molecule has 0 saturated carbocycles. The molecule has 0 aliphatic carbocycles. The molecule has 1 atom stereocenters. The largest absolute Gasteiger partial charge is 0.347 e. The fraction of sp³-hybridized carbons (Fsp3) is 0.500. The lowest BCUT2D eigenvalue weighted by molar-refractivity contribution is -0.119. The van der Waals surface area contributed by atoms with Gasteiger partial charge in [-0.2, -0.15) is 0 Å². The first-order valence-electron chi connectivity index (χ1n) is 6.12. The van der Waals surface area contributed by atoms with Gasteiger partial charge < -0.3 is 5.32 Å². The summed E-state index contributed by atoms with van der Waals surface area (Å²) in [5.74, 6) is 0.335. The van der Waals surface area contributed by atoms with Crippen molar-refractivity contribution in [3.8, 4) is 0 Å². The number of rotatable bonds is 5. The van der Waals surface area contributed by atoms with Crippen LogP contribution < -0.4 is 5.32 Å². The zero-order chi connectivity index (χ0) is 14.7. The number of hydrogen-bond acceptors (Lipinski definition) is 7. The maximum Gasteiger partial charge on any atom is 0.230 e. The standard InChI is InChI=1S/C12H16N4OS3/c1-6(11-7(2)19-8(3)14-11)13-10(17)5-18-12-16-15-9(4)20-12/h6H,5H2,1-4H3,(H,13,17)/t6-/m0/s1. The Morgan fingerprint density at radius 3 is 2.55 bits per heavy atom. The molecule has 0 unspecified atom stereocenters. The zero-order valence-electron chi connectivity index (χ0n) is 11.8. The van der Waals surface area contributed by atoms with Gasteiger partial charge in [0.15, 0.2) is 4.34 Å². The maximum atomic E-state index is 11.9. The highest BCUT2D eigenvalue weighted by atomic mass is 32.2. The predicted octanol–water partition coefficient (Wildman–Crippen LogP) is 2.89. The predicted molar refractivity (Wildman–Crippen MR) is 83.5 cm³/mol. The molecule has 2 rings (SSSR count). The number of carbonyl (C=O) groups excluding carboxylic acids is 1. The Bertz CT molecular complexity index is 608. The molecule has 1 N–H and O–H groups in total. The molecule has 0 bridgehead atoms. The van der Waals surface area contributed by atoms with Crippen LogP contribution in [0.3, 0.4) is 0 Å². The molecular formula is C12H16N4OS3. The summed E-state index contributed by atoms with van der Waals surface area (Å²) < 4.78 is 0.825. The Morgan fingerprint density at radius 2 is 2.00 bits per heavy atom. The Labute approximate surface area is 130 Å². The summed E-state index contributed by atoms with van der Waals surface area (Å²) in [4.78, 5) is 17.5. The monoisotopic (exact) mass is 328 g/mol. The second-order valence-corrected chi connectivity index (χ2v) is 8.15. The number of nitrogens with zero attached hydrogens (tertiary/aromatic N) is 3. The van der Waals surface area contributed by atoms with Gasteiger partial charge in [-0.25, -0.2) is 4.98 Å². The Kier molecular flexibility index (Phi) is 5.11. The van der Waals surface area contributed by atoms with Gasteiger partial charge in [-0.15, -0.1) is 21.5 Å². The van der Waals surface area contributed by atoms with Crippen molar-refractivity contribution >= 4 is 40.3 Å². The van der Waals surface area contributed by atoms with E-state index in [0.717, 1.165) is 24.9 Å². The van der Waals surface area contributed by atoms with E-state index in [1.165, 1.54) is 23.1 Å². The maximum absolute atomic E-state index is 11.9. The minimum absolute atomic E-state index is 0.0135. The fourth-order valence-corrected chi connectivity index (χ4v) is 4.30. The number of aromatic nitrogens is 3. The van der Waals surface area contributed by atoms with Crippen molar-refractivity contribution in [1.82, 2.24) is 20.5 Å².